The van der Waals surface area contributed by atoms with E-state index in [4.69, 9.17) is 19.4 Å². The lowest BCUT2D eigenvalue weighted by Gasteiger charge is -2.14. The largest absolute Gasteiger partial charge is 0.479 e. The second-order valence-corrected chi connectivity index (χ2v) is 7.84. The van der Waals surface area contributed by atoms with Crippen LogP contribution in [0.3, 0.4) is 0 Å². The SMILES string of the molecule is CNC(C)C(=O)Nc1ccc(COC=N)c(CCCOCCCS(=O)(=O)O)c1. The van der Waals surface area contributed by atoms with Crippen LogP contribution < -0.4 is 10.6 Å². The third-order valence-electron chi connectivity index (χ3n) is 4.05. The summed E-state index contributed by atoms with van der Waals surface area (Å²) in [5.41, 5.74) is 2.56. The van der Waals surface area contributed by atoms with E-state index >= 15 is 0 Å². The summed E-state index contributed by atoms with van der Waals surface area (Å²) < 4.78 is 40.4. The number of amides is 1. The maximum absolute atomic E-state index is 12.0. The topological polar surface area (TPSA) is 138 Å². The van der Waals surface area contributed by atoms with Gasteiger partial charge in [0.15, 0.2) is 6.40 Å². The van der Waals surface area contributed by atoms with Gasteiger partial charge in [0, 0.05) is 18.9 Å². The first kappa shape index (κ1) is 24.0. The van der Waals surface area contributed by atoms with Gasteiger partial charge in [-0.15, -0.1) is 0 Å². The molecular formula is C18H29N3O6S. The van der Waals surface area contributed by atoms with Gasteiger partial charge in [-0.3, -0.25) is 14.8 Å². The summed E-state index contributed by atoms with van der Waals surface area (Å²) in [5, 5.41) is 12.7. The average molecular weight is 416 g/mol. The molecule has 0 aliphatic rings. The smallest absolute Gasteiger partial charge is 0.264 e. The second-order valence-electron chi connectivity index (χ2n) is 6.27. The normalized spacial score (nSPS) is 12.4. The molecule has 0 spiro atoms. The first-order valence-corrected chi connectivity index (χ1v) is 10.6. The predicted molar refractivity (Wildman–Crippen MR) is 107 cm³/mol. The molecule has 0 aliphatic heterocycles. The molecule has 28 heavy (non-hydrogen) atoms. The van der Waals surface area contributed by atoms with Gasteiger partial charge < -0.3 is 20.1 Å². The fourth-order valence-electron chi connectivity index (χ4n) is 2.40. The molecule has 1 aromatic carbocycles. The monoisotopic (exact) mass is 415 g/mol. The number of nitrogens with one attached hydrogen (secondary N) is 3. The van der Waals surface area contributed by atoms with Gasteiger partial charge >= 0.3 is 0 Å². The molecule has 0 saturated heterocycles. The van der Waals surface area contributed by atoms with Crippen molar-refractivity contribution in [1.82, 2.24) is 5.32 Å². The molecule has 1 aromatic rings. The summed E-state index contributed by atoms with van der Waals surface area (Å²) >= 11 is 0. The van der Waals surface area contributed by atoms with Crippen LogP contribution in [0.25, 0.3) is 0 Å². The van der Waals surface area contributed by atoms with Gasteiger partial charge in [-0.1, -0.05) is 6.07 Å². The number of hydrogen-bond acceptors (Lipinski definition) is 7. The standard InChI is InChI=1S/C18H29N3O6S/c1-14(20-2)18(22)21-17-7-6-16(12-27-13-19)15(11-17)5-3-8-26-9-4-10-28(23,24)25/h6-7,11,13-14,19-20H,3-5,8-10,12H2,1-2H3,(H,21,22)(H,23,24,25). The summed E-state index contributed by atoms with van der Waals surface area (Å²) in [6, 6.07) is 5.20. The van der Waals surface area contributed by atoms with E-state index in [1.54, 1.807) is 20.0 Å². The highest BCUT2D eigenvalue weighted by molar-refractivity contribution is 7.85. The van der Waals surface area contributed by atoms with Gasteiger partial charge in [0.25, 0.3) is 10.1 Å². The van der Waals surface area contributed by atoms with Gasteiger partial charge in [0.05, 0.1) is 11.8 Å². The van der Waals surface area contributed by atoms with E-state index < -0.39 is 10.1 Å². The van der Waals surface area contributed by atoms with Crippen molar-refractivity contribution in [3.8, 4) is 0 Å². The number of carbonyl (C=O) groups is 1. The highest BCUT2D eigenvalue weighted by Gasteiger charge is 2.12. The second kappa shape index (κ2) is 12.4. The molecule has 0 radical (unpaired) electrons. The van der Waals surface area contributed by atoms with Crippen molar-refractivity contribution in [3.63, 3.8) is 0 Å². The summed E-state index contributed by atoms with van der Waals surface area (Å²) in [7, 11) is -2.24. The highest BCUT2D eigenvalue weighted by atomic mass is 32.2. The Morgan fingerprint density at radius 1 is 1.29 bits per heavy atom. The molecule has 0 aliphatic carbocycles. The van der Waals surface area contributed by atoms with E-state index in [0.29, 0.717) is 25.1 Å². The molecule has 0 heterocycles. The van der Waals surface area contributed by atoms with Gasteiger partial charge in [-0.05, 0) is 56.5 Å². The van der Waals surface area contributed by atoms with Crippen molar-refractivity contribution in [3.05, 3.63) is 29.3 Å². The first-order chi connectivity index (χ1) is 13.3. The lowest BCUT2D eigenvalue weighted by atomic mass is 10.0. The predicted octanol–water partition coefficient (Wildman–Crippen LogP) is 1.58. The third-order valence-corrected chi connectivity index (χ3v) is 4.85. The Labute approximate surface area is 166 Å². The fourth-order valence-corrected chi connectivity index (χ4v) is 2.88. The van der Waals surface area contributed by atoms with E-state index in [9.17, 15) is 13.2 Å². The van der Waals surface area contributed by atoms with Gasteiger partial charge in [0.1, 0.15) is 6.61 Å². The number of rotatable bonds is 14. The number of ether oxygens (including phenoxy) is 2. The van der Waals surface area contributed by atoms with Gasteiger partial charge in [0.2, 0.25) is 5.91 Å². The molecule has 0 aromatic heterocycles. The Morgan fingerprint density at radius 2 is 2.00 bits per heavy atom. The molecule has 1 rings (SSSR count). The van der Waals surface area contributed by atoms with Gasteiger partial charge in [-0.25, -0.2) is 0 Å². The molecule has 0 bridgehead atoms. The van der Waals surface area contributed by atoms with Crippen LogP contribution in [0.15, 0.2) is 18.2 Å². The van der Waals surface area contributed by atoms with Crippen LogP contribution in [0.5, 0.6) is 0 Å². The molecule has 0 fully saturated rings. The average Bonchev–Trinajstić information content (AvgIpc) is 2.64. The molecule has 1 amide bonds. The fraction of sp³-hybridized carbons (Fsp3) is 0.556. The van der Waals surface area contributed by atoms with Crippen LogP contribution in [-0.4, -0.2) is 57.3 Å². The van der Waals surface area contributed by atoms with Crippen molar-refractivity contribution >= 4 is 28.1 Å². The maximum atomic E-state index is 12.0. The van der Waals surface area contributed by atoms with Crippen LogP contribution in [-0.2, 0) is 37.4 Å². The van der Waals surface area contributed by atoms with Crippen molar-refractivity contribution in [2.45, 2.75) is 38.8 Å². The Morgan fingerprint density at radius 3 is 2.64 bits per heavy atom. The zero-order valence-electron chi connectivity index (χ0n) is 16.2. The number of carbonyl (C=O) groups excluding carboxylic acids is 1. The zero-order valence-corrected chi connectivity index (χ0v) is 17.0. The van der Waals surface area contributed by atoms with Crippen LogP contribution in [0.1, 0.15) is 30.9 Å². The number of aryl methyl sites for hydroxylation is 1. The highest BCUT2D eigenvalue weighted by Crippen LogP contribution is 2.19. The molecule has 158 valence electrons. The number of likely N-dealkylation sites (N-methyl/N-ethyl adjacent to an activating group) is 1. The molecule has 10 heteroatoms. The molecule has 1 atom stereocenters. The Balaban J connectivity index is 2.60. The van der Waals surface area contributed by atoms with Gasteiger partial charge in [-0.2, -0.15) is 8.42 Å². The minimum Gasteiger partial charge on any atom is -0.479 e. The lowest BCUT2D eigenvalue weighted by molar-refractivity contribution is -0.117. The van der Waals surface area contributed by atoms with Crippen molar-refractivity contribution in [2.24, 2.45) is 0 Å². The Hall–Kier alpha value is -2.01. The summed E-state index contributed by atoms with van der Waals surface area (Å²) in [4.78, 5) is 12.0. The van der Waals surface area contributed by atoms with Crippen LogP contribution in [0, 0.1) is 5.41 Å². The number of anilines is 1. The molecular weight excluding hydrogens is 386 g/mol. The molecule has 9 nitrogen and oxygen atoms in total. The quantitative estimate of drug-likeness (QED) is 0.157. The van der Waals surface area contributed by atoms with E-state index in [-0.39, 0.29) is 37.3 Å². The number of hydrogen-bond donors (Lipinski definition) is 4. The van der Waals surface area contributed by atoms with Crippen LogP contribution in [0.4, 0.5) is 5.69 Å². The molecule has 0 saturated carbocycles. The van der Waals surface area contributed by atoms with Crippen LogP contribution >= 0.6 is 0 Å². The van der Waals surface area contributed by atoms with E-state index in [0.717, 1.165) is 17.5 Å². The molecule has 4 N–H and O–H groups in total. The van der Waals surface area contributed by atoms with E-state index in [2.05, 4.69) is 10.6 Å². The van der Waals surface area contributed by atoms with Crippen LogP contribution in [0.2, 0.25) is 0 Å². The molecule has 1 unspecified atom stereocenters. The van der Waals surface area contributed by atoms with Crippen molar-refractivity contribution < 1.29 is 27.2 Å². The minimum absolute atomic E-state index is 0.140. The van der Waals surface area contributed by atoms with Crippen molar-refractivity contribution in [1.29, 1.82) is 5.41 Å². The Kier molecular flexibility index (Phi) is 10.7. The lowest BCUT2D eigenvalue weighted by Crippen LogP contribution is -2.35. The number of benzene rings is 1. The zero-order chi connectivity index (χ0) is 21.0. The van der Waals surface area contributed by atoms with E-state index in [1.165, 1.54) is 0 Å². The minimum atomic E-state index is -3.95. The summed E-state index contributed by atoms with van der Waals surface area (Å²) in [5.74, 6) is -0.454. The third kappa shape index (κ3) is 9.79. The van der Waals surface area contributed by atoms with E-state index in [1.807, 2.05) is 12.1 Å². The maximum Gasteiger partial charge on any atom is 0.264 e. The summed E-state index contributed by atoms with van der Waals surface area (Å²) in [6.45, 7) is 2.71. The van der Waals surface area contributed by atoms with Crippen molar-refractivity contribution in [2.75, 3.05) is 31.3 Å². The summed E-state index contributed by atoms with van der Waals surface area (Å²) in [6.07, 6.45) is 2.48. The Bertz CT molecular complexity index is 739. The first-order valence-electron chi connectivity index (χ1n) is 9.00.